The van der Waals surface area contributed by atoms with Gasteiger partial charge in [0.05, 0.1) is 24.1 Å². The van der Waals surface area contributed by atoms with Gasteiger partial charge in [0.15, 0.2) is 0 Å². The molecule has 4 N–H and O–H groups in total. The number of nitrogens with zero attached hydrogens (tertiary/aromatic N) is 2. The first-order valence-corrected chi connectivity index (χ1v) is 14.3. The lowest BCUT2D eigenvalue weighted by molar-refractivity contribution is -0.158. The van der Waals surface area contributed by atoms with Crippen LogP contribution in [0.5, 0.6) is 0 Å². The van der Waals surface area contributed by atoms with Crippen LogP contribution in [0.15, 0.2) is 10.6 Å². The van der Waals surface area contributed by atoms with Gasteiger partial charge in [0.1, 0.15) is 5.70 Å². The van der Waals surface area contributed by atoms with Crippen molar-refractivity contribution in [1.29, 1.82) is 0 Å². The Morgan fingerprint density at radius 2 is 1.86 bits per heavy atom. The first kappa shape index (κ1) is 28.1. The number of carbonyl (C=O) groups is 3. The van der Waals surface area contributed by atoms with Gasteiger partial charge in [-0.05, 0) is 26.2 Å². The number of halogens is 3. The van der Waals surface area contributed by atoms with Gasteiger partial charge in [-0.2, -0.15) is 13.2 Å². The van der Waals surface area contributed by atoms with E-state index < -0.39 is 63.5 Å². The number of β-lactam (4-membered cyclic amide) rings is 1. The summed E-state index contributed by atoms with van der Waals surface area (Å²) in [5, 5.41) is 22.5. The largest absolute Gasteiger partial charge is 0.511 e. The molecule has 0 aromatic carbocycles. The van der Waals surface area contributed by atoms with Crippen LogP contribution in [0.1, 0.15) is 33.1 Å². The second-order valence-electron chi connectivity index (χ2n) is 9.88. The van der Waals surface area contributed by atoms with E-state index in [2.05, 4.69) is 5.32 Å². The first-order chi connectivity index (χ1) is 17.1. The average molecular weight is 571 g/mol. The number of hydrogen-bond donors (Lipinski definition) is 4. The minimum absolute atomic E-state index is 0.0910. The number of thioether (sulfide) groups is 1. The first-order valence-electron chi connectivity index (χ1n) is 11.9. The Balaban J connectivity index is 1.45. The van der Waals surface area contributed by atoms with E-state index >= 15 is 0 Å². The molecule has 4 aliphatic heterocycles. The van der Waals surface area contributed by atoms with E-state index in [9.17, 15) is 46.2 Å². The smallest absolute Gasteiger partial charge is 0.477 e. The molecule has 4 heterocycles. The van der Waals surface area contributed by atoms with E-state index in [0.29, 0.717) is 43.8 Å². The summed E-state index contributed by atoms with van der Waals surface area (Å²) in [6.45, 7) is 4.13. The van der Waals surface area contributed by atoms with Crippen molar-refractivity contribution in [3.05, 3.63) is 10.6 Å². The number of hydrogen-bond acceptors (Lipinski definition) is 8. The summed E-state index contributed by atoms with van der Waals surface area (Å²) in [7, 11) is -5.69. The third-order valence-electron chi connectivity index (χ3n) is 7.43. The molecule has 0 aromatic rings. The molecule has 0 aromatic heterocycles. The number of likely N-dealkylation sites (tertiary alicyclic amines) is 1. The maximum Gasteiger partial charge on any atom is 0.511 e. The highest BCUT2D eigenvalue weighted by molar-refractivity contribution is 8.03. The molecule has 6 atom stereocenters. The molecule has 0 spiro atoms. The number of piperidine rings is 1. The van der Waals surface area contributed by atoms with E-state index in [1.807, 2.05) is 0 Å². The molecule has 208 valence electrons. The summed E-state index contributed by atoms with van der Waals surface area (Å²) in [6.07, 6.45) is 1.01. The van der Waals surface area contributed by atoms with Crippen molar-refractivity contribution in [3.63, 3.8) is 0 Å². The summed E-state index contributed by atoms with van der Waals surface area (Å²) in [4.78, 5) is 40.9. The maximum atomic E-state index is 12.9. The quantitative estimate of drug-likeness (QED) is 0.310. The molecule has 3 fully saturated rings. The molecule has 0 bridgehead atoms. The lowest BCUT2D eigenvalue weighted by Gasteiger charge is -2.47. The number of carboxylic acid groups (broad SMARTS) is 1. The fourth-order valence-corrected chi connectivity index (χ4v) is 7.80. The van der Waals surface area contributed by atoms with Crippen LogP contribution >= 0.6 is 11.8 Å². The number of aliphatic hydroxyl groups is 1. The number of carbonyl (C=O) groups excluding carboxylic acids is 2. The molecule has 4 aliphatic rings. The number of rotatable bonds is 7. The van der Waals surface area contributed by atoms with Crippen LogP contribution in [-0.2, 0) is 24.4 Å². The Morgan fingerprint density at radius 1 is 1.24 bits per heavy atom. The highest BCUT2D eigenvalue weighted by atomic mass is 32.2. The molecule has 0 saturated carbocycles. The minimum Gasteiger partial charge on any atom is -0.477 e. The van der Waals surface area contributed by atoms with Crippen LogP contribution in [-0.4, -0.2) is 101 Å². The number of aliphatic hydroxyl groups excluding tert-OH is 1. The number of sulfonamides is 1. The van der Waals surface area contributed by atoms with Crippen molar-refractivity contribution in [3.8, 4) is 0 Å². The predicted octanol–water partition coefficient (Wildman–Crippen LogP) is 0.0340. The Morgan fingerprint density at radius 3 is 2.43 bits per heavy atom. The number of alkyl halides is 3. The summed E-state index contributed by atoms with van der Waals surface area (Å²) in [5.74, 6) is -3.93. The van der Waals surface area contributed by atoms with Crippen molar-refractivity contribution in [1.82, 2.24) is 19.8 Å². The Hall–Kier alpha value is -1.88. The molecule has 16 heteroatoms. The van der Waals surface area contributed by atoms with E-state index in [4.69, 9.17) is 0 Å². The molecule has 11 nitrogen and oxygen atoms in total. The van der Waals surface area contributed by atoms with Gasteiger partial charge in [0.2, 0.25) is 11.8 Å². The van der Waals surface area contributed by atoms with E-state index in [1.54, 1.807) is 11.8 Å². The number of nitrogens with one attached hydrogen (secondary N) is 2. The van der Waals surface area contributed by atoms with E-state index in [1.165, 1.54) is 16.5 Å². The number of amides is 2. The van der Waals surface area contributed by atoms with Crippen LogP contribution < -0.4 is 10.0 Å². The molecular formula is C21H29F3N4O7S2. The third kappa shape index (κ3) is 5.10. The lowest BCUT2D eigenvalue weighted by Crippen LogP contribution is -2.66. The van der Waals surface area contributed by atoms with Crippen LogP contribution in [0.2, 0.25) is 0 Å². The minimum atomic E-state index is -5.69. The lowest BCUT2D eigenvalue weighted by atomic mass is 9.78. The monoisotopic (exact) mass is 570 g/mol. The van der Waals surface area contributed by atoms with Crippen molar-refractivity contribution in [2.24, 2.45) is 11.8 Å². The highest BCUT2D eigenvalue weighted by Crippen LogP contribution is 2.52. The summed E-state index contributed by atoms with van der Waals surface area (Å²) in [5.41, 5.74) is -5.80. The molecule has 0 radical (unpaired) electrons. The van der Waals surface area contributed by atoms with Crippen LogP contribution in [0.4, 0.5) is 13.2 Å². The summed E-state index contributed by atoms with van der Waals surface area (Å²) < 4.78 is 63.1. The maximum absolute atomic E-state index is 12.9. The molecule has 3 saturated heterocycles. The topological polar surface area (TPSA) is 156 Å². The molecule has 37 heavy (non-hydrogen) atoms. The van der Waals surface area contributed by atoms with Crippen LogP contribution in [0, 0.1) is 11.8 Å². The fourth-order valence-electron chi connectivity index (χ4n) is 5.55. The van der Waals surface area contributed by atoms with Gasteiger partial charge >= 0.3 is 21.5 Å². The zero-order chi connectivity index (χ0) is 27.4. The highest BCUT2D eigenvalue weighted by Gasteiger charge is 2.61. The van der Waals surface area contributed by atoms with Crippen molar-refractivity contribution in [2.75, 3.05) is 19.6 Å². The molecule has 4 rings (SSSR count). The standard InChI is InChI=1S/C21H29F3N4O7S2/c1-9-15-14(10(2)26-37(34,35)21(22,23)24)19(31)28(15)16(20(32)33)17(9)36-12-7-13(25-8-12)18(30)27-5-3-11(29)4-6-27/h9-15,25-26,29H,3-8H2,1-2H3,(H,32,33)/t9-,10?,12+,13+,14-,15-/m1/s1. The molecule has 0 aliphatic carbocycles. The fraction of sp³-hybridized carbons (Fsp3) is 0.762. The summed E-state index contributed by atoms with van der Waals surface area (Å²) in [6, 6.07) is -2.68. The van der Waals surface area contributed by atoms with Crippen molar-refractivity contribution >= 4 is 39.6 Å². The molecule has 2 amide bonds. The van der Waals surface area contributed by atoms with Crippen molar-refractivity contribution in [2.45, 2.75) is 68.1 Å². The number of fused-ring (bicyclic) bond motifs is 1. The zero-order valence-electron chi connectivity index (χ0n) is 20.1. The third-order valence-corrected chi connectivity index (χ3v) is 10.2. The SMILES string of the molecule is CC(NS(=O)(=O)C(F)(F)F)[C@H]1C(=O)N2C(C(=O)O)=C(S[C@@H]3CN[C@H](C(=O)N4CCC(O)CC4)C3)[C@H](C)[C@H]12. The Kier molecular flexibility index (Phi) is 7.62. The molecule has 1 unspecified atom stereocenters. The summed E-state index contributed by atoms with van der Waals surface area (Å²) >= 11 is 1.22. The van der Waals surface area contributed by atoms with Gasteiger partial charge in [-0.25, -0.2) is 17.9 Å². The van der Waals surface area contributed by atoms with Gasteiger partial charge < -0.3 is 25.3 Å². The normalized spacial score (nSPS) is 31.9. The second kappa shape index (κ2) is 10.0. The average Bonchev–Trinajstić information content (AvgIpc) is 3.35. The van der Waals surface area contributed by atoms with Crippen LogP contribution in [0.3, 0.4) is 0 Å². The van der Waals surface area contributed by atoms with Gasteiger partial charge in [0.25, 0.3) is 0 Å². The van der Waals surface area contributed by atoms with Crippen LogP contribution in [0.25, 0.3) is 0 Å². The van der Waals surface area contributed by atoms with Crippen molar-refractivity contribution < 1.29 is 46.2 Å². The zero-order valence-corrected chi connectivity index (χ0v) is 21.7. The van der Waals surface area contributed by atoms with Gasteiger partial charge in [-0.15, -0.1) is 11.8 Å². The number of aliphatic carboxylic acids is 1. The van der Waals surface area contributed by atoms with E-state index in [-0.39, 0.29) is 16.9 Å². The predicted molar refractivity (Wildman–Crippen MR) is 125 cm³/mol. The Bertz CT molecular complexity index is 1110. The second-order valence-corrected chi connectivity index (χ2v) is 12.9. The molecular weight excluding hydrogens is 541 g/mol. The Labute approximate surface area is 215 Å². The van der Waals surface area contributed by atoms with Gasteiger partial charge in [-0.1, -0.05) is 6.92 Å². The van der Waals surface area contributed by atoms with Gasteiger partial charge in [0, 0.05) is 41.7 Å². The van der Waals surface area contributed by atoms with Gasteiger partial charge in [-0.3, -0.25) is 9.59 Å². The number of carboxylic acids is 1. The van der Waals surface area contributed by atoms with E-state index in [0.717, 1.165) is 11.8 Å².